The van der Waals surface area contributed by atoms with Crippen molar-refractivity contribution in [2.75, 3.05) is 19.3 Å². The van der Waals surface area contributed by atoms with E-state index in [-0.39, 0.29) is 11.9 Å². The fraction of sp³-hybridized carbons (Fsp3) is 0.471. The Labute approximate surface area is 142 Å². The molecule has 7 heteroatoms. The van der Waals surface area contributed by atoms with Gasteiger partial charge in [0.1, 0.15) is 0 Å². The van der Waals surface area contributed by atoms with Crippen LogP contribution in [-0.2, 0) is 21.2 Å². The molecule has 0 spiro atoms. The van der Waals surface area contributed by atoms with Gasteiger partial charge in [-0.1, -0.05) is 18.2 Å². The molecule has 2 N–H and O–H groups in total. The minimum Gasteiger partial charge on any atom is -0.358 e. The lowest BCUT2D eigenvalue weighted by Crippen LogP contribution is -2.49. The van der Waals surface area contributed by atoms with E-state index >= 15 is 0 Å². The van der Waals surface area contributed by atoms with Gasteiger partial charge in [0.25, 0.3) is 0 Å². The van der Waals surface area contributed by atoms with E-state index in [1.165, 1.54) is 0 Å². The van der Waals surface area contributed by atoms with Crippen molar-refractivity contribution in [2.45, 2.75) is 32.2 Å². The lowest BCUT2D eigenvalue weighted by atomic mass is 10.0. The molecule has 1 aromatic carbocycles. The number of nitrogens with zero attached hydrogens (tertiary/aromatic N) is 1. The molecule has 24 heavy (non-hydrogen) atoms. The number of rotatable bonds is 4. The van der Waals surface area contributed by atoms with Crippen molar-refractivity contribution in [3.8, 4) is 0 Å². The molecule has 1 fully saturated rings. The Morgan fingerprint density at radius 2 is 2.12 bits per heavy atom. The zero-order chi connectivity index (χ0) is 17.3. The summed E-state index contributed by atoms with van der Waals surface area (Å²) in [4.78, 5) is 17.8. The molecule has 1 saturated heterocycles. The number of amides is 1. The van der Waals surface area contributed by atoms with Crippen molar-refractivity contribution in [3.63, 3.8) is 0 Å². The van der Waals surface area contributed by atoms with E-state index in [1.54, 1.807) is 4.90 Å². The molecule has 2 heterocycles. The smallest absolute Gasteiger partial charge is 0.227 e. The number of hydrogen-bond acceptors (Lipinski definition) is 3. The van der Waals surface area contributed by atoms with Crippen molar-refractivity contribution in [3.05, 3.63) is 35.5 Å². The third kappa shape index (κ3) is 3.79. The van der Waals surface area contributed by atoms with E-state index in [2.05, 4.69) is 9.71 Å². The highest BCUT2D eigenvalue weighted by Gasteiger charge is 2.26. The van der Waals surface area contributed by atoms with Crippen LogP contribution < -0.4 is 4.72 Å². The Kier molecular flexibility index (Phi) is 4.64. The first kappa shape index (κ1) is 17.0. The van der Waals surface area contributed by atoms with Crippen LogP contribution in [0, 0.1) is 6.92 Å². The second-order valence-electron chi connectivity index (χ2n) is 6.52. The molecule has 1 amide bonds. The molecule has 3 rings (SSSR count). The lowest BCUT2D eigenvalue weighted by Gasteiger charge is -2.32. The molecule has 0 unspecified atom stereocenters. The Bertz CT molecular complexity index is 857. The predicted octanol–water partition coefficient (Wildman–Crippen LogP) is 1.56. The topological polar surface area (TPSA) is 82.3 Å². The molecule has 1 aliphatic heterocycles. The number of aromatic nitrogens is 1. The number of piperidine rings is 1. The molecule has 0 radical (unpaired) electrons. The summed E-state index contributed by atoms with van der Waals surface area (Å²) in [5.41, 5.74) is 3.06. The largest absolute Gasteiger partial charge is 0.358 e. The van der Waals surface area contributed by atoms with Gasteiger partial charge in [-0.15, -0.1) is 0 Å². The molecule has 130 valence electrons. The van der Waals surface area contributed by atoms with Gasteiger partial charge in [-0.25, -0.2) is 13.1 Å². The Morgan fingerprint density at radius 1 is 1.38 bits per heavy atom. The molecule has 0 saturated carbocycles. The second-order valence-corrected chi connectivity index (χ2v) is 8.30. The Balaban J connectivity index is 1.73. The quantitative estimate of drug-likeness (QED) is 0.879. The van der Waals surface area contributed by atoms with E-state index in [0.717, 1.165) is 41.3 Å². The van der Waals surface area contributed by atoms with Gasteiger partial charge < -0.3 is 9.88 Å². The number of sulfonamides is 1. The van der Waals surface area contributed by atoms with Gasteiger partial charge in [0.2, 0.25) is 15.9 Å². The highest BCUT2D eigenvalue weighted by atomic mass is 32.2. The Hall–Kier alpha value is -1.86. The molecule has 2 aromatic rings. The van der Waals surface area contributed by atoms with Gasteiger partial charge >= 0.3 is 0 Å². The maximum Gasteiger partial charge on any atom is 0.227 e. The van der Waals surface area contributed by atoms with E-state index in [4.69, 9.17) is 0 Å². The average Bonchev–Trinajstić information content (AvgIpc) is 2.82. The van der Waals surface area contributed by atoms with Crippen LogP contribution in [0.15, 0.2) is 24.3 Å². The monoisotopic (exact) mass is 349 g/mol. The van der Waals surface area contributed by atoms with Gasteiger partial charge in [-0.3, -0.25) is 4.79 Å². The maximum absolute atomic E-state index is 12.7. The summed E-state index contributed by atoms with van der Waals surface area (Å²) in [5.74, 6) is 0.0443. The number of H-pyrrole nitrogens is 1. The van der Waals surface area contributed by atoms with Crippen LogP contribution in [-0.4, -0.2) is 49.6 Å². The Morgan fingerprint density at radius 3 is 2.88 bits per heavy atom. The van der Waals surface area contributed by atoms with Crippen LogP contribution in [0.5, 0.6) is 0 Å². The summed E-state index contributed by atoms with van der Waals surface area (Å²) in [5, 5.41) is 1.08. The number of para-hydroxylation sites is 1. The summed E-state index contributed by atoms with van der Waals surface area (Å²) >= 11 is 0. The third-order valence-electron chi connectivity index (χ3n) is 4.51. The zero-order valence-electron chi connectivity index (χ0n) is 14.0. The standard InChI is InChI=1S/C17H23N3O3S/c1-12-15(14-7-3-4-8-16(14)18-12)10-17(21)20-9-5-6-13(11-20)19-24(2,22)23/h3-4,7-8,13,18-19H,5-6,9-11H2,1-2H3/t13-/m0/s1. The van der Waals surface area contributed by atoms with Gasteiger partial charge in [-0.2, -0.15) is 0 Å². The SMILES string of the molecule is Cc1[nH]c2ccccc2c1CC(=O)N1CCC[C@H](NS(C)(=O)=O)C1. The highest BCUT2D eigenvalue weighted by Crippen LogP contribution is 2.23. The van der Waals surface area contributed by atoms with E-state index in [9.17, 15) is 13.2 Å². The van der Waals surface area contributed by atoms with Crippen molar-refractivity contribution in [1.29, 1.82) is 0 Å². The summed E-state index contributed by atoms with van der Waals surface area (Å²) in [7, 11) is -3.25. The average molecular weight is 349 g/mol. The number of nitrogens with one attached hydrogen (secondary N) is 2. The molecule has 1 aliphatic rings. The maximum atomic E-state index is 12.7. The summed E-state index contributed by atoms with van der Waals surface area (Å²) in [6.07, 6.45) is 3.07. The van der Waals surface area contributed by atoms with Crippen molar-refractivity contribution < 1.29 is 13.2 Å². The van der Waals surface area contributed by atoms with Crippen LogP contribution in [0.4, 0.5) is 0 Å². The van der Waals surface area contributed by atoms with Gasteiger partial charge in [0, 0.05) is 35.7 Å². The first-order valence-corrected chi connectivity index (χ1v) is 10.0. The van der Waals surface area contributed by atoms with Crippen LogP contribution in [0.1, 0.15) is 24.1 Å². The van der Waals surface area contributed by atoms with Crippen molar-refractivity contribution >= 4 is 26.8 Å². The van der Waals surface area contributed by atoms with E-state index in [1.807, 2.05) is 31.2 Å². The van der Waals surface area contributed by atoms with Crippen molar-refractivity contribution in [2.24, 2.45) is 0 Å². The molecule has 6 nitrogen and oxygen atoms in total. The van der Waals surface area contributed by atoms with E-state index < -0.39 is 10.0 Å². The fourth-order valence-corrected chi connectivity index (χ4v) is 4.23. The van der Waals surface area contributed by atoms with Crippen LogP contribution in [0.2, 0.25) is 0 Å². The zero-order valence-corrected chi connectivity index (χ0v) is 14.8. The molecule has 0 aliphatic carbocycles. The number of benzene rings is 1. The molecule has 0 bridgehead atoms. The fourth-order valence-electron chi connectivity index (χ4n) is 3.43. The van der Waals surface area contributed by atoms with Gasteiger partial charge in [0.15, 0.2) is 0 Å². The van der Waals surface area contributed by atoms with Crippen LogP contribution in [0.3, 0.4) is 0 Å². The van der Waals surface area contributed by atoms with E-state index in [0.29, 0.717) is 19.5 Å². The molecule has 1 atom stereocenters. The number of aromatic amines is 1. The summed E-state index contributed by atoms with van der Waals surface area (Å²) in [6.45, 7) is 3.10. The van der Waals surface area contributed by atoms with Gasteiger partial charge in [0.05, 0.1) is 12.7 Å². The first-order valence-electron chi connectivity index (χ1n) is 8.15. The number of carbonyl (C=O) groups excluding carboxylic acids is 1. The third-order valence-corrected chi connectivity index (χ3v) is 5.27. The number of carbonyl (C=O) groups is 1. The van der Waals surface area contributed by atoms with Gasteiger partial charge in [-0.05, 0) is 31.4 Å². The number of aryl methyl sites for hydroxylation is 1. The molecular weight excluding hydrogens is 326 g/mol. The van der Waals surface area contributed by atoms with Crippen LogP contribution in [0.25, 0.3) is 10.9 Å². The summed E-state index contributed by atoms with van der Waals surface area (Å²) in [6, 6.07) is 7.77. The summed E-state index contributed by atoms with van der Waals surface area (Å²) < 4.78 is 25.4. The highest BCUT2D eigenvalue weighted by molar-refractivity contribution is 7.88. The normalized spacial score (nSPS) is 18.9. The number of likely N-dealkylation sites (tertiary alicyclic amines) is 1. The molecular formula is C17H23N3O3S. The first-order chi connectivity index (χ1) is 11.3. The lowest BCUT2D eigenvalue weighted by molar-refractivity contribution is -0.131. The molecule has 1 aromatic heterocycles. The van der Waals surface area contributed by atoms with Crippen LogP contribution >= 0.6 is 0 Å². The number of fused-ring (bicyclic) bond motifs is 1. The minimum absolute atomic E-state index is 0.0443. The van der Waals surface area contributed by atoms with Crippen molar-refractivity contribution in [1.82, 2.24) is 14.6 Å². The predicted molar refractivity (Wildman–Crippen MR) is 94.3 cm³/mol. The minimum atomic E-state index is -3.25. The second kappa shape index (κ2) is 6.57. The number of hydrogen-bond donors (Lipinski definition) is 2.